The molecule has 2 aromatic carbocycles. The number of benzene rings is 2. The molecule has 8 heteroatoms. The summed E-state index contributed by atoms with van der Waals surface area (Å²) >= 11 is 3.24. The second-order valence-corrected chi connectivity index (χ2v) is 6.43. The van der Waals surface area contributed by atoms with Gasteiger partial charge in [-0.15, -0.1) is 0 Å². The lowest BCUT2D eigenvalue weighted by atomic mass is 10.2. The second-order valence-electron chi connectivity index (χ2n) is 5.58. The third-order valence-corrected chi connectivity index (χ3v) is 4.43. The second kappa shape index (κ2) is 7.57. The Labute approximate surface area is 158 Å². The highest BCUT2D eigenvalue weighted by molar-refractivity contribution is 9.10. The lowest BCUT2D eigenvalue weighted by molar-refractivity contribution is -0.121. The van der Waals surface area contributed by atoms with Gasteiger partial charge in [0.1, 0.15) is 12.4 Å². The minimum absolute atomic E-state index is 0.0103. The number of aryl methyl sites for hydroxylation is 1. The van der Waals surface area contributed by atoms with Crippen molar-refractivity contribution in [3.63, 3.8) is 0 Å². The summed E-state index contributed by atoms with van der Waals surface area (Å²) in [5.41, 5.74) is 4.91. The van der Waals surface area contributed by atoms with Crippen LogP contribution in [0.15, 0.2) is 46.0 Å². The molecule has 0 radical (unpaired) electrons. The number of hydrogen-bond donors (Lipinski definition) is 2. The summed E-state index contributed by atoms with van der Waals surface area (Å²) in [7, 11) is 1.46. The molecule has 0 bridgehead atoms. The van der Waals surface area contributed by atoms with E-state index in [0.717, 1.165) is 16.9 Å². The van der Waals surface area contributed by atoms with E-state index in [1.54, 1.807) is 12.1 Å². The van der Waals surface area contributed by atoms with Gasteiger partial charge in [0.25, 0.3) is 5.91 Å². The molecule has 7 nitrogen and oxygen atoms in total. The standard InChI is InChI=1S/C18H17BrN4O3/c1-11-21-14-5-3-4-6-15(14)23(11)10-17(24)22-20-9-12-7-13(19)18(25)16(8-12)26-2/h3-9,25H,10H2,1-2H3,(H,22,24)/b20-9+. The zero-order valence-corrected chi connectivity index (χ0v) is 15.8. The Morgan fingerprint density at radius 1 is 1.42 bits per heavy atom. The van der Waals surface area contributed by atoms with E-state index in [0.29, 0.717) is 15.8 Å². The van der Waals surface area contributed by atoms with Crippen LogP contribution in [-0.2, 0) is 11.3 Å². The predicted molar refractivity (Wildman–Crippen MR) is 103 cm³/mol. The molecule has 0 fully saturated rings. The lowest BCUT2D eigenvalue weighted by Gasteiger charge is -2.07. The van der Waals surface area contributed by atoms with Gasteiger partial charge < -0.3 is 14.4 Å². The maximum absolute atomic E-state index is 12.2. The van der Waals surface area contributed by atoms with Crippen LogP contribution in [0.4, 0.5) is 0 Å². The predicted octanol–water partition coefficient (Wildman–Crippen LogP) is 2.97. The van der Waals surface area contributed by atoms with Crippen molar-refractivity contribution in [1.29, 1.82) is 0 Å². The van der Waals surface area contributed by atoms with Gasteiger partial charge in [-0.05, 0) is 52.7 Å². The number of hydrogen-bond acceptors (Lipinski definition) is 5. The molecule has 0 aliphatic rings. The van der Waals surface area contributed by atoms with Crippen LogP contribution in [-0.4, -0.2) is 33.9 Å². The number of aromatic hydroxyl groups is 1. The van der Waals surface area contributed by atoms with Crippen molar-refractivity contribution in [3.8, 4) is 11.5 Å². The van der Waals surface area contributed by atoms with Gasteiger partial charge in [-0.2, -0.15) is 5.10 Å². The van der Waals surface area contributed by atoms with Gasteiger partial charge in [-0.3, -0.25) is 4.79 Å². The molecular formula is C18H17BrN4O3. The number of hydrazone groups is 1. The Hall–Kier alpha value is -2.87. The highest BCUT2D eigenvalue weighted by Crippen LogP contribution is 2.34. The van der Waals surface area contributed by atoms with Crippen molar-refractivity contribution in [2.24, 2.45) is 5.10 Å². The highest BCUT2D eigenvalue weighted by atomic mass is 79.9. The summed E-state index contributed by atoms with van der Waals surface area (Å²) in [6, 6.07) is 10.9. The first-order valence-corrected chi connectivity index (χ1v) is 8.59. The number of fused-ring (bicyclic) bond motifs is 1. The van der Waals surface area contributed by atoms with Crippen LogP contribution in [0.5, 0.6) is 11.5 Å². The van der Waals surface area contributed by atoms with E-state index < -0.39 is 0 Å². The molecule has 0 atom stereocenters. The first-order valence-electron chi connectivity index (χ1n) is 7.80. The van der Waals surface area contributed by atoms with Crippen molar-refractivity contribution < 1.29 is 14.6 Å². The molecular weight excluding hydrogens is 400 g/mol. The molecule has 0 aliphatic heterocycles. The SMILES string of the molecule is COc1cc(/C=N/NC(=O)Cn2c(C)nc3ccccc32)cc(Br)c1O. The number of carbonyl (C=O) groups is 1. The minimum Gasteiger partial charge on any atom is -0.503 e. The minimum atomic E-state index is -0.266. The number of nitrogens with zero attached hydrogens (tertiary/aromatic N) is 3. The van der Waals surface area contributed by atoms with Crippen LogP contribution in [0.1, 0.15) is 11.4 Å². The van der Waals surface area contributed by atoms with E-state index in [1.807, 2.05) is 35.8 Å². The molecule has 1 heterocycles. The Morgan fingerprint density at radius 3 is 2.96 bits per heavy atom. The largest absolute Gasteiger partial charge is 0.503 e. The van der Waals surface area contributed by atoms with E-state index in [4.69, 9.17) is 4.74 Å². The average Bonchev–Trinajstić information content (AvgIpc) is 2.93. The Bertz CT molecular complexity index is 998. The van der Waals surface area contributed by atoms with E-state index in [9.17, 15) is 9.90 Å². The number of phenolic OH excluding ortho intramolecular Hbond substituents is 1. The Morgan fingerprint density at radius 2 is 2.19 bits per heavy atom. The quantitative estimate of drug-likeness (QED) is 0.494. The number of imidazole rings is 1. The van der Waals surface area contributed by atoms with Gasteiger partial charge in [-0.25, -0.2) is 10.4 Å². The molecule has 0 saturated heterocycles. The number of methoxy groups -OCH3 is 1. The number of nitrogens with one attached hydrogen (secondary N) is 1. The van der Waals surface area contributed by atoms with Crippen LogP contribution in [0, 0.1) is 6.92 Å². The monoisotopic (exact) mass is 416 g/mol. The maximum Gasteiger partial charge on any atom is 0.260 e. The van der Waals surface area contributed by atoms with E-state index in [-0.39, 0.29) is 18.2 Å². The molecule has 0 aliphatic carbocycles. The number of para-hydroxylation sites is 2. The Kier molecular flexibility index (Phi) is 5.22. The number of aromatic nitrogens is 2. The number of amides is 1. The molecule has 134 valence electrons. The maximum atomic E-state index is 12.2. The lowest BCUT2D eigenvalue weighted by Crippen LogP contribution is -2.23. The van der Waals surface area contributed by atoms with Gasteiger partial charge in [-0.1, -0.05) is 12.1 Å². The van der Waals surface area contributed by atoms with Gasteiger partial charge >= 0.3 is 0 Å². The van der Waals surface area contributed by atoms with Crippen LogP contribution in [0.3, 0.4) is 0 Å². The molecule has 3 aromatic rings. The molecule has 2 N–H and O–H groups in total. The first kappa shape index (κ1) is 17.9. The molecule has 0 unspecified atom stereocenters. The van der Waals surface area contributed by atoms with Crippen molar-refractivity contribution in [2.45, 2.75) is 13.5 Å². The van der Waals surface area contributed by atoms with Gasteiger partial charge in [0.05, 0.1) is 28.8 Å². The van der Waals surface area contributed by atoms with E-state index >= 15 is 0 Å². The smallest absolute Gasteiger partial charge is 0.260 e. The van der Waals surface area contributed by atoms with E-state index in [2.05, 4.69) is 31.4 Å². The number of phenols is 1. The van der Waals surface area contributed by atoms with Crippen molar-refractivity contribution in [2.75, 3.05) is 7.11 Å². The van der Waals surface area contributed by atoms with Gasteiger partial charge in [0, 0.05) is 0 Å². The molecule has 1 aromatic heterocycles. The molecule has 0 spiro atoms. The van der Waals surface area contributed by atoms with Gasteiger partial charge in [0.15, 0.2) is 11.5 Å². The van der Waals surface area contributed by atoms with Crippen molar-refractivity contribution in [1.82, 2.24) is 15.0 Å². The fourth-order valence-electron chi connectivity index (χ4n) is 2.58. The third-order valence-electron chi connectivity index (χ3n) is 3.82. The van der Waals surface area contributed by atoms with Crippen LogP contribution >= 0.6 is 15.9 Å². The fraction of sp³-hybridized carbons (Fsp3) is 0.167. The molecule has 0 saturated carbocycles. The zero-order valence-electron chi connectivity index (χ0n) is 14.2. The van der Waals surface area contributed by atoms with Gasteiger partial charge in [0.2, 0.25) is 0 Å². The Balaban J connectivity index is 1.70. The summed E-state index contributed by atoms with van der Waals surface area (Å²) in [4.78, 5) is 16.6. The van der Waals surface area contributed by atoms with Crippen molar-refractivity contribution in [3.05, 3.63) is 52.3 Å². The normalized spacial score (nSPS) is 11.2. The summed E-state index contributed by atoms with van der Waals surface area (Å²) in [6.45, 7) is 1.98. The number of ether oxygens (including phenoxy) is 1. The van der Waals surface area contributed by atoms with Crippen LogP contribution in [0.2, 0.25) is 0 Å². The summed E-state index contributed by atoms with van der Waals surface area (Å²) < 4.78 is 7.39. The number of halogens is 1. The van der Waals surface area contributed by atoms with Crippen LogP contribution in [0.25, 0.3) is 11.0 Å². The molecule has 26 heavy (non-hydrogen) atoms. The summed E-state index contributed by atoms with van der Waals surface area (Å²) in [5, 5.41) is 13.8. The fourth-order valence-corrected chi connectivity index (χ4v) is 3.04. The first-order chi connectivity index (χ1) is 12.5. The molecule has 3 rings (SSSR count). The highest BCUT2D eigenvalue weighted by Gasteiger charge is 2.10. The number of carbonyl (C=O) groups excluding carboxylic acids is 1. The molecule has 1 amide bonds. The average molecular weight is 417 g/mol. The number of rotatable bonds is 5. The van der Waals surface area contributed by atoms with Crippen LogP contribution < -0.4 is 10.2 Å². The zero-order chi connectivity index (χ0) is 18.7. The summed E-state index contributed by atoms with van der Waals surface area (Å²) in [5.74, 6) is 0.818. The topological polar surface area (TPSA) is 88.7 Å². The third kappa shape index (κ3) is 3.70. The van der Waals surface area contributed by atoms with Crippen molar-refractivity contribution >= 4 is 39.1 Å². The van der Waals surface area contributed by atoms with E-state index in [1.165, 1.54) is 13.3 Å². The summed E-state index contributed by atoms with van der Waals surface area (Å²) in [6.07, 6.45) is 1.48.